The van der Waals surface area contributed by atoms with Gasteiger partial charge in [-0.25, -0.2) is 31.7 Å². The van der Waals surface area contributed by atoms with E-state index in [1.54, 1.807) is 7.05 Å². The molecule has 3 atom stereocenters. The van der Waals surface area contributed by atoms with Crippen LogP contribution in [-0.2, 0) is 26.0 Å². The lowest BCUT2D eigenvalue weighted by Gasteiger charge is -2.45. The first-order valence-electron chi connectivity index (χ1n) is 14.7. The molecule has 0 spiro atoms. The largest absolute Gasteiger partial charge is 0.480 e. The Morgan fingerprint density at radius 3 is 2.31 bits per heavy atom. The predicted molar refractivity (Wildman–Crippen MR) is 168 cm³/mol. The van der Waals surface area contributed by atoms with Crippen LogP contribution in [-0.4, -0.2) is 80.2 Å². The maximum absolute atomic E-state index is 15.0. The first-order chi connectivity index (χ1) is 22.7. The third-order valence-corrected chi connectivity index (χ3v) is 9.71. The molecule has 4 amide bonds. The molecule has 4 N–H and O–H groups in total. The summed E-state index contributed by atoms with van der Waals surface area (Å²) in [7, 11) is -2.79. The van der Waals surface area contributed by atoms with E-state index >= 15 is 0 Å². The molecule has 2 saturated heterocycles. The molecule has 252 valence electrons. The number of nitrogens with zero attached hydrogens (tertiary/aromatic N) is 2. The first kappa shape index (κ1) is 34.1. The van der Waals surface area contributed by atoms with Crippen LogP contribution in [0.5, 0.6) is 0 Å². The maximum Gasteiger partial charge on any atom is 0.331 e. The molecule has 16 heteroatoms. The predicted octanol–water partition coefficient (Wildman–Crippen LogP) is 2.77. The van der Waals surface area contributed by atoms with Gasteiger partial charge in [0.15, 0.2) is 5.78 Å². The number of rotatable bonds is 10. The van der Waals surface area contributed by atoms with Gasteiger partial charge >= 0.3 is 12.0 Å². The van der Waals surface area contributed by atoms with Crippen LogP contribution in [0.25, 0.3) is 0 Å². The average Bonchev–Trinajstić information content (AvgIpc) is 3.05. The van der Waals surface area contributed by atoms with Gasteiger partial charge in [0.25, 0.3) is 15.9 Å². The number of sulfonamides is 1. The van der Waals surface area contributed by atoms with Crippen LogP contribution in [0.1, 0.15) is 39.6 Å². The first-order valence-corrected chi connectivity index (χ1v) is 16.2. The number of ketones is 1. The van der Waals surface area contributed by atoms with Crippen LogP contribution in [0.4, 0.5) is 25.0 Å². The average molecular weight is 684 g/mol. The molecule has 2 aliphatic heterocycles. The second-order valence-corrected chi connectivity index (χ2v) is 13.1. The molecule has 13 nitrogen and oxygen atoms in total. The molecular weight excluding hydrogens is 652 g/mol. The van der Waals surface area contributed by atoms with Crippen LogP contribution in [0, 0.1) is 17.6 Å². The van der Waals surface area contributed by atoms with E-state index < -0.39 is 56.9 Å². The van der Waals surface area contributed by atoms with Gasteiger partial charge < -0.3 is 20.6 Å². The molecule has 2 aliphatic rings. The standard InChI is InChI=1S/C32H31F2N5O8S/c1-17(40)19-5-9-21(10-6-19)48(46,47)37-26-15-24(33)23(14-25(26)34)29(41)36-27(31(43)44)13-18-3-7-20(8-4-18)39-30(42)22-11-12-35-16-28(22)38(2)32(39)45/h3-10,14-15,22,27-28,35,37H,11-13,16H2,1-2H3,(H,36,41)(H,43,44)/t22?,27-,28?/m0/s1. The Kier molecular flexibility index (Phi) is 9.59. The molecular formula is C32H31F2N5O8S. The van der Waals surface area contributed by atoms with Crippen LogP contribution in [0.2, 0.25) is 0 Å². The Morgan fingerprint density at radius 1 is 1.02 bits per heavy atom. The number of anilines is 2. The van der Waals surface area contributed by atoms with Crippen molar-refractivity contribution in [1.82, 2.24) is 15.5 Å². The number of amides is 4. The molecule has 5 rings (SSSR count). The highest BCUT2D eigenvalue weighted by molar-refractivity contribution is 7.92. The van der Waals surface area contributed by atoms with Gasteiger partial charge in [-0.05, 0) is 55.8 Å². The quantitative estimate of drug-likeness (QED) is 0.234. The summed E-state index contributed by atoms with van der Waals surface area (Å²) >= 11 is 0. The van der Waals surface area contributed by atoms with E-state index in [2.05, 4.69) is 10.6 Å². The van der Waals surface area contributed by atoms with Crippen molar-refractivity contribution >= 4 is 51.0 Å². The zero-order chi connectivity index (χ0) is 34.9. The van der Waals surface area contributed by atoms with E-state index in [0.717, 1.165) is 17.0 Å². The Balaban J connectivity index is 1.27. The van der Waals surface area contributed by atoms with Crippen molar-refractivity contribution in [2.75, 3.05) is 29.8 Å². The smallest absolute Gasteiger partial charge is 0.331 e. The number of aliphatic carboxylic acids is 1. The summed E-state index contributed by atoms with van der Waals surface area (Å²) in [6.45, 7) is 2.44. The van der Waals surface area contributed by atoms with Crippen molar-refractivity contribution < 1.29 is 46.3 Å². The second-order valence-electron chi connectivity index (χ2n) is 11.5. The Labute approximate surface area is 274 Å². The molecule has 0 bridgehead atoms. The van der Waals surface area contributed by atoms with E-state index in [-0.39, 0.29) is 46.2 Å². The van der Waals surface area contributed by atoms with Crippen molar-refractivity contribution in [2.45, 2.75) is 36.7 Å². The zero-order valence-corrected chi connectivity index (χ0v) is 26.5. The van der Waals surface area contributed by atoms with Crippen molar-refractivity contribution in [1.29, 1.82) is 0 Å². The van der Waals surface area contributed by atoms with E-state index in [1.807, 2.05) is 4.72 Å². The van der Waals surface area contributed by atoms with Crippen LogP contribution >= 0.6 is 0 Å². The number of carboxylic acids is 1. The lowest BCUT2D eigenvalue weighted by atomic mass is 9.88. The second kappa shape index (κ2) is 13.5. The normalized spacial score (nSPS) is 18.6. The maximum atomic E-state index is 15.0. The lowest BCUT2D eigenvalue weighted by molar-refractivity contribution is -0.139. The van der Waals surface area contributed by atoms with Gasteiger partial charge in [0.1, 0.15) is 17.7 Å². The van der Waals surface area contributed by atoms with Gasteiger partial charge in [0.05, 0.1) is 33.8 Å². The summed E-state index contributed by atoms with van der Waals surface area (Å²) < 4.78 is 57.2. The van der Waals surface area contributed by atoms with Crippen molar-refractivity contribution in [3.63, 3.8) is 0 Å². The van der Waals surface area contributed by atoms with Gasteiger partial charge in [-0.1, -0.05) is 24.3 Å². The molecule has 3 aromatic carbocycles. The Morgan fingerprint density at radius 2 is 1.69 bits per heavy atom. The number of carbonyl (C=O) groups excluding carboxylic acids is 4. The van der Waals surface area contributed by atoms with E-state index in [0.29, 0.717) is 37.2 Å². The highest BCUT2D eigenvalue weighted by atomic mass is 32.2. The summed E-state index contributed by atoms with van der Waals surface area (Å²) in [5.74, 6) is -6.39. The van der Waals surface area contributed by atoms with E-state index in [9.17, 15) is 46.3 Å². The molecule has 48 heavy (non-hydrogen) atoms. The van der Waals surface area contributed by atoms with Gasteiger partial charge in [0, 0.05) is 31.6 Å². The number of imide groups is 1. The summed E-state index contributed by atoms with van der Waals surface area (Å²) in [4.78, 5) is 64.8. The minimum absolute atomic E-state index is 0.243. The fourth-order valence-electron chi connectivity index (χ4n) is 5.66. The molecule has 0 radical (unpaired) electrons. The number of fused-ring (bicyclic) bond motifs is 1. The number of likely N-dealkylation sites (N-methyl/N-ethyl adjacent to an activating group) is 1. The lowest BCUT2D eigenvalue weighted by Crippen LogP contribution is -2.65. The number of piperidine rings is 1. The molecule has 3 aromatic rings. The molecule has 0 aliphatic carbocycles. The third-order valence-electron chi connectivity index (χ3n) is 8.33. The number of Topliss-reactive ketones (excluding diaryl/α,β-unsaturated/α-hetero) is 1. The monoisotopic (exact) mass is 683 g/mol. The fourth-order valence-corrected chi connectivity index (χ4v) is 6.72. The summed E-state index contributed by atoms with van der Waals surface area (Å²) in [6.07, 6.45) is 0.278. The van der Waals surface area contributed by atoms with E-state index in [4.69, 9.17) is 0 Å². The number of carbonyl (C=O) groups is 5. The molecule has 0 saturated carbocycles. The number of nitrogens with one attached hydrogen (secondary N) is 3. The number of carboxylic acid groups (broad SMARTS) is 1. The van der Waals surface area contributed by atoms with Crippen molar-refractivity contribution in [2.24, 2.45) is 5.92 Å². The number of urea groups is 1. The van der Waals surface area contributed by atoms with E-state index in [1.165, 1.54) is 48.2 Å². The number of benzene rings is 3. The molecule has 2 heterocycles. The highest BCUT2D eigenvalue weighted by Gasteiger charge is 2.46. The third kappa shape index (κ3) is 6.89. The van der Waals surface area contributed by atoms with Gasteiger partial charge in [-0.2, -0.15) is 0 Å². The van der Waals surface area contributed by atoms with Gasteiger partial charge in [-0.15, -0.1) is 0 Å². The number of hydrogen-bond acceptors (Lipinski definition) is 8. The molecule has 0 aromatic heterocycles. The highest BCUT2D eigenvalue weighted by Crippen LogP contribution is 2.31. The minimum atomic E-state index is -4.41. The Hall–Kier alpha value is -5.22. The topological polar surface area (TPSA) is 182 Å². The van der Waals surface area contributed by atoms with Crippen molar-refractivity contribution in [3.05, 3.63) is 89.0 Å². The summed E-state index contributed by atoms with van der Waals surface area (Å²) in [5, 5.41) is 15.1. The Bertz CT molecular complexity index is 1900. The van der Waals surface area contributed by atoms with Gasteiger partial charge in [-0.3, -0.25) is 19.1 Å². The summed E-state index contributed by atoms with van der Waals surface area (Å²) in [5.41, 5.74) is -0.751. The van der Waals surface area contributed by atoms with Crippen LogP contribution in [0.3, 0.4) is 0 Å². The number of halogens is 2. The van der Waals surface area contributed by atoms with Gasteiger partial charge in [0.2, 0.25) is 5.91 Å². The zero-order valence-electron chi connectivity index (χ0n) is 25.7. The number of hydrogen-bond donors (Lipinski definition) is 4. The summed E-state index contributed by atoms with van der Waals surface area (Å²) in [6, 6.07) is 9.21. The SMILES string of the molecule is CC(=O)c1ccc(S(=O)(=O)Nc2cc(F)c(C(=O)N[C@@H](Cc3ccc(N4C(=O)C5CCNCC5N(C)C4=O)cc3)C(=O)O)cc2F)cc1. The van der Waals surface area contributed by atoms with Crippen LogP contribution < -0.4 is 20.3 Å². The van der Waals surface area contributed by atoms with Crippen molar-refractivity contribution in [3.8, 4) is 0 Å². The minimum Gasteiger partial charge on any atom is -0.480 e. The fraction of sp³-hybridized carbons (Fsp3) is 0.281. The molecule has 2 unspecified atom stereocenters. The van der Waals surface area contributed by atoms with Crippen LogP contribution in [0.15, 0.2) is 65.6 Å². The molecule has 2 fully saturated rings.